The highest BCUT2D eigenvalue weighted by molar-refractivity contribution is 7.95. The van der Waals surface area contributed by atoms with Gasteiger partial charge in [-0.05, 0) is 42.0 Å². The molecule has 1 aliphatic heterocycles. The molecule has 7 rings (SSSR count). The molecule has 8 heteroatoms. The van der Waals surface area contributed by atoms with Crippen molar-refractivity contribution in [2.45, 2.75) is 10.8 Å². The van der Waals surface area contributed by atoms with Gasteiger partial charge in [0, 0.05) is 16.3 Å². The van der Waals surface area contributed by atoms with Crippen LogP contribution in [0.15, 0.2) is 119 Å². The molecule has 0 saturated carbocycles. The summed E-state index contributed by atoms with van der Waals surface area (Å²) in [5, 5.41) is 12.0. The number of phenols is 1. The number of aromatic nitrogens is 2. The van der Waals surface area contributed by atoms with Crippen LogP contribution in [0.2, 0.25) is 0 Å². The molecule has 6 aromatic rings. The Bertz CT molecular complexity index is 2090. The molecule has 2 heterocycles. The van der Waals surface area contributed by atoms with Crippen molar-refractivity contribution in [3.8, 4) is 11.5 Å². The molecule has 0 spiro atoms. The van der Waals surface area contributed by atoms with Crippen LogP contribution in [0.5, 0.6) is 11.5 Å². The molecule has 0 saturated heterocycles. The maximum Gasteiger partial charge on any atom is 0.208 e. The number of rotatable bonds is 3. The van der Waals surface area contributed by atoms with E-state index < -0.39 is 15.8 Å². The van der Waals surface area contributed by atoms with Gasteiger partial charge in [0.15, 0.2) is 0 Å². The summed E-state index contributed by atoms with van der Waals surface area (Å²) in [6.45, 7) is 0. The first-order valence-corrected chi connectivity index (χ1v) is 13.8. The van der Waals surface area contributed by atoms with Crippen LogP contribution in [-0.2, 0) is 9.84 Å². The molecule has 5 aromatic carbocycles. The van der Waals surface area contributed by atoms with E-state index in [1.54, 1.807) is 36.4 Å². The number of para-hydroxylation sites is 2. The number of nitrogens with zero attached hydrogens (tertiary/aromatic N) is 2. The molecule has 1 aromatic heterocycles. The Morgan fingerprint density at radius 1 is 0.744 bits per heavy atom. The van der Waals surface area contributed by atoms with Gasteiger partial charge < -0.3 is 15.6 Å². The zero-order valence-electron chi connectivity index (χ0n) is 20.4. The molecule has 1 unspecified atom stereocenters. The van der Waals surface area contributed by atoms with E-state index in [0.29, 0.717) is 38.9 Å². The van der Waals surface area contributed by atoms with Gasteiger partial charge in [-0.25, -0.2) is 18.4 Å². The molecule has 1 atom stereocenters. The molecule has 190 valence electrons. The van der Waals surface area contributed by atoms with Gasteiger partial charge in [0.2, 0.25) is 15.7 Å². The molecule has 1 aliphatic rings. The summed E-state index contributed by atoms with van der Waals surface area (Å²) < 4.78 is 34.6. The molecule has 3 N–H and O–H groups in total. The Labute approximate surface area is 223 Å². The lowest BCUT2D eigenvalue weighted by atomic mass is 9.85. The Morgan fingerprint density at radius 2 is 1.38 bits per heavy atom. The number of benzene rings is 5. The van der Waals surface area contributed by atoms with Gasteiger partial charge in [-0.1, -0.05) is 66.7 Å². The highest BCUT2D eigenvalue weighted by Gasteiger charge is 2.41. The molecule has 0 radical (unpaired) electrons. The summed E-state index contributed by atoms with van der Waals surface area (Å²) in [4.78, 5) is 9.92. The SMILES string of the molecule is NC1=C(S(=O)(=O)c2ccccc2)C(c2cccc(O)c2)c2c(c3ccccc3c3nc4ccccc4nc23)O1. The minimum Gasteiger partial charge on any atom is -0.508 e. The van der Waals surface area contributed by atoms with E-state index in [9.17, 15) is 13.5 Å². The largest absolute Gasteiger partial charge is 0.508 e. The highest BCUT2D eigenvalue weighted by Crippen LogP contribution is 2.51. The van der Waals surface area contributed by atoms with Crippen LogP contribution in [0, 0.1) is 0 Å². The zero-order chi connectivity index (χ0) is 26.7. The van der Waals surface area contributed by atoms with E-state index in [0.717, 1.165) is 10.8 Å². The average molecular weight is 532 g/mol. The predicted molar refractivity (Wildman–Crippen MR) is 150 cm³/mol. The third-order valence-corrected chi connectivity index (χ3v) is 8.96. The Balaban J connectivity index is 1.66. The topological polar surface area (TPSA) is 115 Å². The maximum absolute atomic E-state index is 14.2. The first-order chi connectivity index (χ1) is 18.9. The summed E-state index contributed by atoms with van der Waals surface area (Å²) in [5.74, 6) is -0.732. The van der Waals surface area contributed by atoms with E-state index in [2.05, 4.69) is 0 Å². The van der Waals surface area contributed by atoms with Crippen molar-refractivity contribution < 1.29 is 18.3 Å². The fraction of sp³-hybridized carbons (Fsp3) is 0.0323. The fourth-order valence-electron chi connectivity index (χ4n) is 5.36. The molecule has 0 bridgehead atoms. The monoisotopic (exact) mass is 531 g/mol. The minimum absolute atomic E-state index is 0.00259. The van der Waals surface area contributed by atoms with Crippen molar-refractivity contribution >= 4 is 42.7 Å². The van der Waals surface area contributed by atoms with Crippen LogP contribution in [0.4, 0.5) is 0 Å². The summed E-state index contributed by atoms with van der Waals surface area (Å²) in [6.07, 6.45) is 0. The number of hydrogen-bond acceptors (Lipinski definition) is 7. The quantitative estimate of drug-likeness (QED) is 0.220. The predicted octanol–water partition coefficient (Wildman–Crippen LogP) is 5.77. The lowest BCUT2D eigenvalue weighted by Gasteiger charge is -2.31. The van der Waals surface area contributed by atoms with E-state index in [1.807, 2.05) is 48.5 Å². The number of sulfone groups is 1. The van der Waals surface area contributed by atoms with E-state index in [1.165, 1.54) is 18.2 Å². The number of aromatic hydroxyl groups is 1. The summed E-state index contributed by atoms with van der Waals surface area (Å²) in [7, 11) is -4.13. The van der Waals surface area contributed by atoms with E-state index in [4.69, 9.17) is 20.4 Å². The van der Waals surface area contributed by atoms with E-state index >= 15 is 0 Å². The molecular formula is C31H21N3O4S. The van der Waals surface area contributed by atoms with Crippen molar-refractivity contribution in [1.29, 1.82) is 0 Å². The summed E-state index contributed by atoms with van der Waals surface area (Å²) in [5.41, 5.74) is 10.0. The van der Waals surface area contributed by atoms with Gasteiger partial charge in [0.25, 0.3) is 0 Å². The number of ether oxygens (including phenoxy) is 1. The third-order valence-electron chi connectivity index (χ3n) is 7.05. The van der Waals surface area contributed by atoms with Crippen molar-refractivity contribution in [1.82, 2.24) is 9.97 Å². The van der Waals surface area contributed by atoms with Crippen LogP contribution in [0.25, 0.3) is 32.8 Å². The van der Waals surface area contributed by atoms with Crippen LogP contribution in [0.3, 0.4) is 0 Å². The third kappa shape index (κ3) is 3.53. The normalized spacial score (nSPS) is 15.4. The zero-order valence-corrected chi connectivity index (χ0v) is 21.3. The molecule has 7 nitrogen and oxygen atoms in total. The van der Waals surface area contributed by atoms with Crippen molar-refractivity contribution in [2.24, 2.45) is 5.73 Å². The second-order valence-corrected chi connectivity index (χ2v) is 11.3. The van der Waals surface area contributed by atoms with Gasteiger partial charge in [-0.3, -0.25) is 0 Å². The minimum atomic E-state index is -4.13. The Kier molecular flexibility index (Phi) is 5.08. The lowest BCUT2D eigenvalue weighted by molar-refractivity contribution is 0.400. The van der Waals surface area contributed by atoms with Crippen LogP contribution < -0.4 is 10.5 Å². The summed E-state index contributed by atoms with van der Waals surface area (Å²) in [6, 6.07) is 29.8. The van der Waals surface area contributed by atoms with E-state index in [-0.39, 0.29) is 21.4 Å². The second kappa shape index (κ2) is 8.54. The maximum atomic E-state index is 14.2. The number of hydrogen-bond donors (Lipinski definition) is 2. The number of nitrogens with two attached hydrogens (primary N) is 1. The first kappa shape index (κ1) is 23.2. The average Bonchev–Trinajstić information content (AvgIpc) is 2.96. The second-order valence-electron chi connectivity index (χ2n) is 9.37. The lowest BCUT2D eigenvalue weighted by Crippen LogP contribution is -2.27. The van der Waals surface area contributed by atoms with Gasteiger partial charge >= 0.3 is 0 Å². The van der Waals surface area contributed by atoms with Crippen molar-refractivity contribution in [3.05, 3.63) is 125 Å². The van der Waals surface area contributed by atoms with Crippen LogP contribution >= 0.6 is 0 Å². The highest BCUT2D eigenvalue weighted by atomic mass is 32.2. The summed E-state index contributed by atoms with van der Waals surface area (Å²) >= 11 is 0. The Morgan fingerprint density at radius 3 is 2.10 bits per heavy atom. The number of allylic oxidation sites excluding steroid dienone is 1. The van der Waals surface area contributed by atoms with Gasteiger partial charge in [-0.2, -0.15) is 0 Å². The first-order valence-electron chi connectivity index (χ1n) is 12.3. The number of fused-ring (bicyclic) bond motifs is 7. The molecule has 39 heavy (non-hydrogen) atoms. The molecule has 0 fully saturated rings. The number of phenolic OH excluding ortho intramolecular Hbond substituents is 1. The van der Waals surface area contributed by atoms with Gasteiger partial charge in [0.05, 0.1) is 32.9 Å². The smallest absolute Gasteiger partial charge is 0.208 e. The van der Waals surface area contributed by atoms with Crippen LogP contribution in [-0.4, -0.2) is 23.5 Å². The van der Waals surface area contributed by atoms with Gasteiger partial charge in [-0.15, -0.1) is 0 Å². The van der Waals surface area contributed by atoms with Crippen molar-refractivity contribution in [2.75, 3.05) is 0 Å². The standard InChI is InChI=1S/C31H21N3O4S/c32-31-30(39(36,37)20-11-2-1-3-12-20)25(18-9-8-10-19(35)17-18)26-28-27(33-23-15-6-7-16-24(23)34-28)21-13-4-5-14-22(21)29(26)38-31/h1-17,25,35H,32H2. The molecule has 0 amide bonds. The molecule has 0 aliphatic carbocycles. The Hall–Kier alpha value is -4.95. The fourth-order valence-corrected chi connectivity index (χ4v) is 7.00. The van der Waals surface area contributed by atoms with Gasteiger partial charge in [0.1, 0.15) is 16.4 Å². The van der Waals surface area contributed by atoms with Crippen molar-refractivity contribution in [3.63, 3.8) is 0 Å². The molecular weight excluding hydrogens is 510 g/mol. The van der Waals surface area contributed by atoms with Crippen LogP contribution in [0.1, 0.15) is 17.0 Å².